The van der Waals surface area contributed by atoms with Crippen molar-refractivity contribution in [2.75, 3.05) is 57.4 Å². The monoisotopic (exact) mass is 559 g/mol. The number of cyclic esters (lactones) is 1. The van der Waals surface area contributed by atoms with Crippen molar-refractivity contribution in [1.29, 1.82) is 0 Å². The largest absolute Gasteiger partial charge is 0.463 e. The molecule has 216 valence electrons. The molecule has 3 saturated heterocycles. The number of hydrogen-bond donors (Lipinski definition) is 0. The van der Waals surface area contributed by atoms with Crippen molar-refractivity contribution in [1.82, 2.24) is 38.9 Å². The summed E-state index contributed by atoms with van der Waals surface area (Å²) < 4.78 is 15.4. The summed E-state index contributed by atoms with van der Waals surface area (Å²) in [6.07, 6.45) is 0.763. The molecule has 0 radical (unpaired) electrons. The number of ether oxygens (including phenoxy) is 2. The molecule has 0 spiro atoms. The maximum absolute atomic E-state index is 12.4. The third kappa shape index (κ3) is 4.36. The van der Waals surface area contributed by atoms with E-state index in [2.05, 4.69) is 36.8 Å². The van der Waals surface area contributed by atoms with Crippen molar-refractivity contribution in [3.63, 3.8) is 0 Å². The highest BCUT2D eigenvalue weighted by Crippen LogP contribution is 2.31. The van der Waals surface area contributed by atoms with Crippen molar-refractivity contribution >= 4 is 34.0 Å². The normalized spacial score (nSPS) is 21.9. The Hall–Kier alpha value is -3.61. The van der Waals surface area contributed by atoms with Crippen molar-refractivity contribution in [2.45, 2.75) is 45.3 Å². The van der Waals surface area contributed by atoms with Crippen LogP contribution in [0.4, 0.5) is 5.82 Å². The minimum atomic E-state index is -0.596. The van der Waals surface area contributed by atoms with Gasteiger partial charge in [-0.2, -0.15) is 9.97 Å². The van der Waals surface area contributed by atoms with Crippen LogP contribution in [0.3, 0.4) is 0 Å². The third-order valence-electron chi connectivity index (χ3n) is 8.79. The van der Waals surface area contributed by atoms with Gasteiger partial charge in [-0.25, -0.2) is 9.97 Å². The smallest absolute Gasteiger partial charge is 0.326 e. The van der Waals surface area contributed by atoms with Crippen molar-refractivity contribution in [3.05, 3.63) is 35.9 Å². The van der Waals surface area contributed by atoms with Crippen LogP contribution in [0.5, 0.6) is 0 Å². The number of morpholine rings is 2. The molecule has 7 rings (SSSR count). The third-order valence-corrected chi connectivity index (χ3v) is 8.79. The maximum Gasteiger partial charge on any atom is 0.326 e. The number of piperazine rings is 1. The van der Waals surface area contributed by atoms with E-state index >= 15 is 0 Å². The van der Waals surface area contributed by atoms with E-state index in [0.29, 0.717) is 32.3 Å². The number of aryl methyl sites for hydroxylation is 2. The molecule has 0 unspecified atom stereocenters. The number of nitrogens with zero attached hydrogens (tertiary/aromatic N) is 9. The lowest BCUT2D eigenvalue weighted by Gasteiger charge is -2.50. The van der Waals surface area contributed by atoms with Crippen LogP contribution in [0.1, 0.15) is 32.4 Å². The number of rotatable bonds is 5. The average molecular weight is 560 g/mol. The van der Waals surface area contributed by atoms with Gasteiger partial charge in [0, 0.05) is 46.2 Å². The highest BCUT2D eigenvalue weighted by atomic mass is 16.5. The fourth-order valence-corrected chi connectivity index (χ4v) is 6.46. The van der Waals surface area contributed by atoms with Crippen LogP contribution >= 0.6 is 0 Å². The summed E-state index contributed by atoms with van der Waals surface area (Å²) in [5, 5.41) is 0. The standard InChI is InChI=1S/C29H37N9O3/c1-5-22-30-20-8-6-7-9-21(20)38(22)28-32-25-24(26(33-28)36-12-14-40-15-13-36)31-23(34(25)4)17-35-10-11-37-19(16-35)18-41-27(39)29(37,2)3/h6-9,19H,5,10-18H2,1-4H3/t19-/m0/s1. The van der Waals surface area contributed by atoms with Gasteiger partial charge in [-0.05, 0) is 26.0 Å². The van der Waals surface area contributed by atoms with Crippen molar-refractivity contribution in [2.24, 2.45) is 7.05 Å². The van der Waals surface area contributed by atoms with Gasteiger partial charge in [0.25, 0.3) is 0 Å². The molecular formula is C29H37N9O3. The summed E-state index contributed by atoms with van der Waals surface area (Å²) in [7, 11) is 2.04. The molecule has 41 heavy (non-hydrogen) atoms. The van der Waals surface area contributed by atoms with E-state index in [-0.39, 0.29) is 12.0 Å². The van der Waals surface area contributed by atoms with Gasteiger partial charge in [-0.1, -0.05) is 19.1 Å². The van der Waals surface area contributed by atoms with E-state index in [1.807, 2.05) is 39.1 Å². The first-order valence-corrected chi connectivity index (χ1v) is 14.5. The Kier molecular flexibility index (Phi) is 6.44. The lowest BCUT2D eigenvalue weighted by Crippen LogP contribution is -2.67. The Bertz CT molecular complexity index is 1620. The molecule has 3 aliphatic heterocycles. The van der Waals surface area contributed by atoms with E-state index in [1.54, 1.807) is 0 Å². The zero-order chi connectivity index (χ0) is 28.3. The van der Waals surface area contributed by atoms with Crippen LogP contribution in [0.15, 0.2) is 24.3 Å². The molecule has 6 heterocycles. The molecule has 12 nitrogen and oxygen atoms in total. The van der Waals surface area contributed by atoms with Crippen LogP contribution < -0.4 is 4.90 Å². The quantitative estimate of drug-likeness (QED) is 0.337. The lowest BCUT2D eigenvalue weighted by molar-refractivity contribution is -0.177. The second-order valence-electron chi connectivity index (χ2n) is 11.7. The maximum atomic E-state index is 12.4. The van der Waals surface area contributed by atoms with Crippen LogP contribution in [0.2, 0.25) is 0 Å². The summed E-state index contributed by atoms with van der Waals surface area (Å²) in [5.74, 6) is 3.17. The highest BCUT2D eigenvalue weighted by molar-refractivity contribution is 5.86. The molecule has 3 aliphatic rings. The molecule has 0 amide bonds. The Balaban J connectivity index is 1.28. The van der Waals surface area contributed by atoms with Gasteiger partial charge in [0.2, 0.25) is 5.95 Å². The van der Waals surface area contributed by atoms with E-state index in [9.17, 15) is 4.79 Å². The number of para-hydroxylation sites is 2. The average Bonchev–Trinajstić information content (AvgIpc) is 3.52. The van der Waals surface area contributed by atoms with Crippen molar-refractivity contribution in [3.8, 4) is 5.95 Å². The summed E-state index contributed by atoms with van der Waals surface area (Å²) in [6, 6.07) is 8.30. The van der Waals surface area contributed by atoms with Crippen LogP contribution in [0, 0.1) is 0 Å². The zero-order valence-electron chi connectivity index (χ0n) is 24.2. The molecule has 3 fully saturated rings. The fraction of sp³-hybridized carbons (Fsp3) is 0.552. The molecule has 4 aromatic rings. The minimum Gasteiger partial charge on any atom is -0.463 e. The summed E-state index contributed by atoms with van der Waals surface area (Å²) >= 11 is 0. The number of imidazole rings is 2. The second kappa shape index (κ2) is 10.0. The number of hydrogen-bond acceptors (Lipinski definition) is 10. The van der Waals surface area contributed by atoms with Gasteiger partial charge >= 0.3 is 5.97 Å². The SMILES string of the molecule is CCc1nc2ccccc2n1-c1nc(N2CCOCC2)c2nc(CN3CCN4[C@H](COC(=O)C4(C)C)C3)n(C)c2n1. The molecule has 1 atom stereocenters. The van der Waals surface area contributed by atoms with Gasteiger partial charge in [-0.3, -0.25) is 19.2 Å². The Morgan fingerprint density at radius 2 is 1.80 bits per heavy atom. The van der Waals surface area contributed by atoms with E-state index < -0.39 is 5.54 Å². The van der Waals surface area contributed by atoms with Gasteiger partial charge in [-0.15, -0.1) is 0 Å². The Morgan fingerprint density at radius 3 is 2.61 bits per heavy atom. The predicted molar refractivity (Wildman–Crippen MR) is 154 cm³/mol. The first kappa shape index (κ1) is 26.3. The predicted octanol–water partition coefficient (Wildman–Crippen LogP) is 1.92. The topological polar surface area (TPSA) is 107 Å². The minimum absolute atomic E-state index is 0.139. The Labute approximate surface area is 238 Å². The number of carbonyl (C=O) groups excluding carboxylic acids is 1. The molecule has 0 N–H and O–H groups in total. The van der Waals surface area contributed by atoms with Gasteiger partial charge in [0.15, 0.2) is 17.0 Å². The molecule has 0 aliphatic carbocycles. The van der Waals surface area contributed by atoms with Crippen LogP contribution in [-0.2, 0) is 34.3 Å². The van der Waals surface area contributed by atoms with E-state index in [1.165, 1.54) is 0 Å². The zero-order valence-corrected chi connectivity index (χ0v) is 24.2. The number of carbonyl (C=O) groups is 1. The number of anilines is 1. The molecule has 12 heteroatoms. The van der Waals surface area contributed by atoms with Gasteiger partial charge < -0.3 is 18.9 Å². The van der Waals surface area contributed by atoms with E-state index in [4.69, 9.17) is 29.4 Å². The molecule has 0 bridgehead atoms. The number of esters is 1. The highest BCUT2D eigenvalue weighted by Gasteiger charge is 2.46. The first-order chi connectivity index (χ1) is 19.8. The van der Waals surface area contributed by atoms with Crippen molar-refractivity contribution < 1.29 is 14.3 Å². The second-order valence-corrected chi connectivity index (χ2v) is 11.7. The molecule has 0 saturated carbocycles. The number of fused-ring (bicyclic) bond motifs is 3. The summed E-state index contributed by atoms with van der Waals surface area (Å²) in [4.78, 5) is 39.6. The summed E-state index contributed by atoms with van der Waals surface area (Å²) in [6.45, 7) is 12.4. The first-order valence-electron chi connectivity index (χ1n) is 14.5. The van der Waals surface area contributed by atoms with Gasteiger partial charge in [0.05, 0.1) is 36.8 Å². The lowest BCUT2D eigenvalue weighted by atomic mass is 9.96. The molecular weight excluding hydrogens is 522 g/mol. The number of benzene rings is 1. The van der Waals surface area contributed by atoms with Crippen LogP contribution in [-0.4, -0.2) is 109 Å². The molecule has 3 aromatic heterocycles. The summed E-state index contributed by atoms with van der Waals surface area (Å²) in [5.41, 5.74) is 2.94. The fourth-order valence-electron chi connectivity index (χ4n) is 6.46. The van der Waals surface area contributed by atoms with Crippen LogP contribution in [0.25, 0.3) is 28.1 Å². The van der Waals surface area contributed by atoms with Gasteiger partial charge in [0.1, 0.15) is 23.8 Å². The van der Waals surface area contributed by atoms with E-state index in [0.717, 1.165) is 78.8 Å². The number of aromatic nitrogens is 6. The molecule has 1 aromatic carbocycles. The Morgan fingerprint density at radius 1 is 1.00 bits per heavy atom.